The van der Waals surface area contributed by atoms with Crippen LogP contribution in [0.2, 0.25) is 78.6 Å². The second kappa shape index (κ2) is 9.12. The van der Waals surface area contributed by atoms with Gasteiger partial charge in [-0.2, -0.15) is 0 Å². The smallest absolute Gasteiger partial charge is 0.337 e. The number of hydrogen-bond donors (Lipinski definition) is 0. The third-order valence-electron chi connectivity index (χ3n) is 3.63. The van der Waals surface area contributed by atoms with Gasteiger partial charge in [-0.1, -0.05) is 0 Å². The van der Waals surface area contributed by atoms with Crippen molar-refractivity contribution in [1.82, 2.24) is 0 Å². The van der Waals surface area contributed by atoms with Crippen LogP contribution in [0.3, 0.4) is 0 Å². The first kappa shape index (κ1) is 26.2. The highest BCUT2D eigenvalue weighted by molar-refractivity contribution is 6.71. The topological polar surface area (TPSA) is 63.2 Å². The van der Waals surface area contributed by atoms with Crippen LogP contribution in [-0.4, -0.2) is 70.3 Å². The Morgan fingerprint density at radius 1 is 0.786 bits per heavy atom. The molecule has 1 fully saturated rings. The summed E-state index contributed by atoms with van der Waals surface area (Å²) in [5.41, 5.74) is 0. The summed E-state index contributed by atoms with van der Waals surface area (Å²) in [6.45, 7) is 25.8. The first-order valence-corrected chi connectivity index (χ1v) is 23.8. The van der Waals surface area contributed by atoms with Gasteiger partial charge in [0.05, 0.1) is 6.61 Å². The lowest BCUT2D eigenvalue weighted by molar-refractivity contribution is -0.150. The third-order valence-corrected chi connectivity index (χ3v) is 7.61. The van der Waals surface area contributed by atoms with E-state index in [1.807, 2.05) is 0 Å². The Kier molecular flexibility index (Phi) is 8.54. The van der Waals surface area contributed by atoms with Crippen LogP contribution in [0.25, 0.3) is 0 Å². The third kappa shape index (κ3) is 9.79. The van der Waals surface area contributed by atoms with E-state index in [9.17, 15) is 4.79 Å². The van der Waals surface area contributed by atoms with E-state index in [1.54, 1.807) is 0 Å². The fourth-order valence-corrected chi connectivity index (χ4v) is 6.72. The quantitative estimate of drug-likeness (QED) is 0.351. The Bertz CT molecular complexity index is 530. The number of carbonyl (C=O) groups excluding carboxylic acids is 1. The predicted molar refractivity (Wildman–Crippen MR) is 124 cm³/mol. The molecule has 0 unspecified atom stereocenters. The van der Waals surface area contributed by atoms with E-state index in [-0.39, 0.29) is 12.1 Å². The summed E-state index contributed by atoms with van der Waals surface area (Å²) in [6.07, 6.45) is -2.01. The van der Waals surface area contributed by atoms with Crippen LogP contribution < -0.4 is 0 Å². The minimum absolute atomic E-state index is 0.340. The molecule has 1 rings (SSSR count). The number of rotatable bonds is 10. The lowest BCUT2D eigenvalue weighted by Crippen LogP contribution is -2.53. The van der Waals surface area contributed by atoms with E-state index in [2.05, 4.69) is 78.6 Å². The highest BCUT2D eigenvalue weighted by Gasteiger charge is 2.53. The van der Waals surface area contributed by atoms with Gasteiger partial charge in [-0.15, -0.1) is 0 Å². The number of cyclic esters (lactones) is 1. The maximum Gasteiger partial charge on any atom is 0.337 e. The second-order valence-corrected chi connectivity index (χ2v) is 29.3. The Labute approximate surface area is 176 Å². The zero-order chi connectivity index (χ0) is 22.1. The number of ether oxygens (including phenoxy) is 1. The summed E-state index contributed by atoms with van der Waals surface area (Å²) in [7, 11) is -7.56. The predicted octanol–water partition coefficient (Wildman–Crippen LogP) is 4.42. The molecule has 1 aliphatic rings. The van der Waals surface area contributed by atoms with Gasteiger partial charge in [-0.05, 0) is 78.6 Å². The Balaban J connectivity index is 3.20. The molecule has 0 radical (unpaired) electrons. The SMILES string of the molecule is C[Si](C)(C)OC[C@H](O[Si](C)(C)C)[C@H]1OC(=O)[C@@H](O[Si](C)(C)C)[C@@H]1O[Si](C)(C)C. The van der Waals surface area contributed by atoms with Crippen molar-refractivity contribution in [3.63, 3.8) is 0 Å². The summed E-state index contributed by atoms with van der Waals surface area (Å²) in [6, 6.07) is 0. The van der Waals surface area contributed by atoms with Crippen LogP contribution in [0.15, 0.2) is 0 Å². The zero-order valence-corrected chi connectivity index (χ0v) is 24.0. The van der Waals surface area contributed by atoms with Gasteiger partial charge in [-0.25, -0.2) is 4.79 Å². The van der Waals surface area contributed by atoms with E-state index in [0.717, 1.165) is 0 Å². The van der Waals surface area contributed by atoms with Gasteiger partial charge in [0.15, 0.2) is 45.5 Å². The molecule has 0 bridgehead atoms. The fraction of sp³-hybridized carbons (Fsp3) is 0.944. The first-order chi connectivity index (χ1) is 12.3. The summed E-state index contributed by atoms with van der Waals surface area (Å²) in [5, 5.41) is 0. The molecule has 0 amide bonds. The van der Waals surface area contributed by atoms with Crippen molar-refractivity contribution in [2.75, 3.05) is 6.61 Å². The van der Waals surface area contributed by atoms with Gasteiger partial charge in [0.25, 0.3) is 0 Å². The highest BCUT2D eigenvalue weighted by atomic mass is 28.4. The van der Waals surface area contributed by atoms with Gasteiger partial charge in [-0.3, -0.25) is 0 Å². The number of hydrogen-bond acceptors (Lipinski definition) is 6. The van der Waals surface area contributed by atoms with Crippen LogP contribution in [0.4, 0.5) is 0 Å². The van der Waals surface area contributed by atoms with Crippen molar-refractivity contribution >= 4 is 39.2 Å². The number of carbonyl (C=O) groups is 1. The van der Waals surface area contributed by atoms with Crippen LogP contribution >= 0.6 is 0 Å². The molecule has 1 saturated heterocycles. The van der Waals surface area contributed by atoms with Crippen molar-refractivity contribution in [3.8, 4) is 0 Å². The van der Waals surface area contributed by atoms with Crippen molar-refractivity contribution in [2.24, 2.45) is 0 Å². The molecule has 0 aliphatic carbocycles. The van der Waals surface area contributed by atoms with Gasteiger partial charge in [0.2, 0.25) is 0 Å². The monoisotopic (exact) mass is 466 g/mol. The summed E-state index contributed by atoms with van der Waals surface area (Å²) >= 11 is 0. The van der Waals surface area contributed by atoms with E-state index in [0.29, 0.717) is 6.61 Å². The molecule has 0 aromatic heterocycles. The average molecular weight is 467 g/mol. The van der Waals surface area contributed by atoms with Crippen LogP contribution in [0.1, 0.15) is 0 Å². The van der Waals surface area contributed by atoms with E-state index >= 15 is 0 Å². The largest absolute Gasteiger partial charge is 0.455 e. The summed E-state index contributed by atoms with van der Waals surface area (Å²) in [5.74, 6) is -0.340. The highest BCUT2D eigenvalue weighted by Crippen LogP contribution is 2.31. The van der Waals surface area contributed by atoms with Crippen molar-refractivity contribution in [3.05, 3.63) is 0 Å². The van der Waals surface area contributed by atoms with Crippen molar-refractivity contribution in [2.45, 2.75) is 103 Å². The lowest BCUT2D eigenvalue weighted by atomic mass is 10.1. The Morgan fingerprint density at radius 2 is 1.29 bits per heavy atom. The lowest BCUT2D eigenvalue weighted by Gasteiger charge is -2.36. The molecule has 0 saturated carbocycles. The summed E-state index contributed by atoms with van der Waals surface area (Å²) < 4.78 is 31.1. The molecule has 28 heavy (non-hydrogen) atoms. The molecule has 10 heteroatoms. The second-order valence-electron chi connectivity index (χ2n) is 11.4. The molecule has 4 atom stereocenters. The molecular formula is C18H42O6Si4. The number of esters is 1. The van der Waals surface area contributed by atoms with E-state index in [1.165, 1.54) is 0 Å². The molecule has 6 nitrogen and oxygen atoms in total. The maximum absolute atomic E-state index is 12.8. The molecule has 1 aliphatic heterocycles. The Morgan fingerprint density at radius 3 is 1.68 bits per heavy atom. The molecule has 0 aromatic rings. The molecule has 0 N–H and O–H groups in total. The molecule has 0 spiro atoms. The van der Waals surface area contributed by atoms with Crippen LogP contribution in [0.5, 0.6) is 0 Å². The van der Waals surface area contributed by atoms with E-state index in [4.69, 9.17) is 22.4 Å². The molecule has 166 valence electrons. The van der Waals surface area contributed by atoms with Crippen molar-refractivity contribution < 1.29 is 27.2 Å². The summed E-state index contributed by atoms with van der Waals surface area (Å²) in [4.78, 5) is 12.8. The molecule has 1 heterocycles. The normalized spacial score (nSPS) is 25.7. The van der Waals surface area contributed by atoms with Crippen LogP contribution in [0, 0.1) is 0 Å². The molecular weight excluding hydrogens is 425 g/mol. The van der Waals surface area contributed by atoms with Crippen molar-refractivity contribution in [1.29, 1.82) is 0 Å². The van der Waals surface area contributed by atoms with E-state index < -0.39 is 51.6 Å². The zero-order valence-electron chi connectivity index (χ0n) is 20.0. The standard InChI is InChI=1S/C18H42O6Si4/c1-25(2,3)20-13-14(22-26(4,5)6)15-16(23-27(7,8)9)17(18(19)21-15)24-28(10,11)12/h14-17H,13H2,1-12H3/t14-,15+,16+,17-/m0/s1. The maximum atomic E-state index is 12.8. The van der Waals surface area contributed by atoms with Gasteiger partial charge in [0.1, 0.15) is 12.2 Å². The minimum atomic E-state index is -1.96. The first-order valence-electron chi connectivity index (χ1n) is 10.2. The van der Waals surface area contributed by atoms with Gasteiger partial charge in [0, 0.05) is 0 Å². The average Bonchev–Trinajstić information content (AvgIpc) is 2.66. The van der Waals surface area contributed by atoms with Gasteiger partial charge >= 0.3 is 5.97 Å². The van der Waals surface area contributed by atoms with Gasteiger partial charge < -0.3 is 22.4 Å². The molecule has 0 aromatic carbocycles. The Hall–Kier alpha value is 0.178. The minimum Gasteiger partial charge on any atom is -0.455 e. The van der Waals surface area contributed by atoms with Crippen LogP contribution in [-0.2, 0) is 27.2 Å². The fourth-order valence-electron chi connectivity index (χ4n) is 2.88.